The van der Waals surface area contributed by atoms with Gasteiger partial charge in [0.15, 0.2) is 5.65 Å². The van der Waals surface area contributed by atoms with Gasteiger partial charge in [-0.25, -0.2) is 23.8 Å². The van der Waals surface area contributed by atoms with E-state index in [1.54, 1.807) is 54.9 Å². The molecule has 1 amide bonds. The zero-order valence-electron chi connectivity index (χ0n) is 17.0. The first-order valence-corrected chi connectivity index (χ1v) is 11.5. The van der Waals surface area contributed by atoms with Gasteiger partial charge in [-0.2, -0.15) is 0 Å². The summed E-state index contributed by atoms with van der Waals surface area (Å²) in [7, 11) is -1.20. The van der Waals surface area contributed by atoms with Gasteiger partial charge >= 0.3 is 0 Å². The first kappa shape index (κ1) is 21.5. The Hall–Kier alpha value is -2.78. The number of hydrogen-bond donors (Lipinski definition) is 1. The van der Waals surface area contributed by atoms with E-state index in [2.05, 4.69) is 15.4 Å². The van der Waals surface area contributed by atoms with Crippen molar-refractivity contribution in [1.82, 2.24) is 20.4 Å². The number of halogens is 2. The highest BCUT2D eigenvalue weighted by Gasteiger charge is 2.32. The number of hydrogen-bond acceptors (Lipinski definition) is 5. The highest BCUT2D eigenvalue weighted by molar-refractivity contribution is 7.84. The van der Waals surface area contributed by atoms with Crippen LogP contribution in [0.4, 0.5) is 8.78 Å². The highest BCUT2D eigenvalue weighted by atomic mass is 32.2. The number of rotatable bonds is 4. The monoisotopic (exact) mass is 444 g/mol. The van der Waals surface area contributed by atoms with E-state index in [0.717, 1.165) is 0 Å². The van der Waals surface area contributed by atoms with Crippen LogP contribution in [0, 0.1) is 0 Å². The lowest BCUT2D eigenvalue weighted by Gasteiger charge is -2.22. The van der Waals surface area contributed by atoms with Crippen molar-refractivity contribution < 1.29 is 17.8 Å². The molecule has 1 unspecified atom stereocenters. The van der Waals surface area contributed by atoms with Crippen LogP contribution in [0.3, 0.4) is 0 Å². The number of hydrazine groups is 1. The first-order chi connectivity index (χ1) is 14.8. The summed E-state index contributed by atoms with van der Waals surface area (Å²) in [6, 6.07) is 12.3. The van der Waals surface area contributed by atoms with Crippen molar-refractivity contribution in [2.45, 2.75) is 30.1 Å². The molecule has 3 heterocycles. The number of benzene rings is 1. The Labute approximate surface area is 181 Å². The van der Waals surface area contributed by atoms with Gasteiger partial charge in [0.25, 0.3) is 5.91 Å². The average molecular weight is 445 g/mol. The number of nitrogens with one attached hydrogen (secondary N) is 1. The van der Waals surface area contributed by atoms with Crippen molar-refractivity contribution in [3.63, 3.8) is 0 Å². The van der Waals surface area contributed by atoms with Crippen LogP contribution in [0.1, 0.15) is 29.6 Å². The van der Waals surface area contributed by atoms with Crippen LogP contribution in [-0.2, 0) is 10.8 Å². The molecule has 0 spiro atoms. The molecule has 0 bridgehead atoms. The summed E-state index contributed by atoms with van der Waals surface area (Å²) < 4.78 is 39.3. The van der Waals surface area contributed by atoms with Crippen LogP contribution in [0.5, 0.6) is 0 Å². The van der Waals surface area contributed by atoms with Crippen LogP contribution in [0.2, 0.25) is 0 Å². The molecule has 0 aliphatic carbocycles. The number of nitrogens with zero attached hydrogens (tertiary/aromatic N) is 3. The number of alkyl halides is 2. The van der Waals surface area contributed by atoms with Crippen LogP contribution in [-0.4, -0.2) is 50.4 Å². The fourth-order valence-electron chi connectivity index (χ4n) is 3.60. The van der Waals surface area contributed by atoms with Crippen molar-refractivity contribution in [3.05, 3.63) is 54.2 Å². The third-order valence-corrected chi connectivity index (χ3v) is 6.17. The van der Waals surface area contributed by atoms with Crippen LogP contribution in [0.15, 0.2) is 53.6 Å². The Balaban J connectivity index is 1.72. The van der Waals surface area contributed by atoms with E-state index in [4.69, 9.17) is 0 Å². The van der Waals surface area contributed by atoms with Crippen molar-refractivity contribution in [1.29, 1.82) is 0 Å². The van der Waals surface area contributed by atoms with Gasteiger partial charge in [-0.15, -0.1) is 0 Å². The first-order valence-electron chi connectivity index (χ1n) is 9.96. The molecule has 1 aromatic carbocycles. The van der Waals surface area contributed by atoms with Crippen LogP contribution >= 0.6 is 0 Å². The molecule has 1 saturated heterocycles. The highest BCUT2D eigenvalue weighted by Crippen LogP contribution is 2.29. The standard InChI is InChI=1S/C22H22F2N4O2S/c1-31(30)17-7-2-5-15(13-17)19-18(14-16-6-3-10-25-20(16)26-19)21(29)27-28-11-4-8-22(23,24)9-12-28/h2-3,5-7,10,13-14H,4,8-9,11-12H2,1H3,(H,27,29). The van der Waals surface area contributed by atoms with Gasteiger partial charge in [0, 0.05) is 65.0 Å². The number of amides is 1. The number of aromatic nitrogens is 2. The molecule has 3 aromatic rings. The molecule has 162 valence electrons. The van der Waals surface area contributed by atoms with E-state index in [1.165, 1.54) is 5.01 Å². The lowest BCUT2D eigenvalue weighted by atomic mass is 10.0. The molecule has 0 saturated carbocycles. The zero-order valence-corrected chi connectivity index (χ0v) is 17.8. The van der Waals surface area contributed by atoms with E-state index in [0.29, 0.717) is 45.7 Å². The Morgan fingerprint density at radius 1 is 1.16 bits per heavy atom. The van der Waals surface area contributed by atoms with Gasteiger partial charge < -0.3 is 0 Å². The maximum absolute atomic E-state index is 13.7. The fourth-order valence-corrected chi connectivity index (χ4v) is 4.16. The molecule has 9 heteroatoms. The summed E-state index contributed by atoms with van der Waals surface area (Å²) in [6.07, 6.45) is 3.01. The van der Waals surface area contributed by atoms with Gasteiger partial charge in [-0.1, -0.05) is 12.1 Å². The lowest BCUT2D eigenvalue weighted by molar-refractivity contribution is -0.0143. The fraction of sp³-hybridized carbons (Fsp3) is 0.318. The predicted octanol–water partition coefficient (Wildman–Crippen LogP) is 3.80. The summed E-state index contributed by atoms with van der Waals surface area (Å²) in [5.41, 5.74) is 4.58. The molecule has 1 atom stereocenters. The molecular formula is C22H22F2N4O2S. The van der Waals surface area contributed by atoms with Gasteiger partial charge in [-0.05, 0) is 36.8 Å². The SMILES string of the molecule is CS(=O)c1cccc(-c2nc3ncccc3cc2C(=O)NN2CCCC(F)(F)CC2)c1. The van der Waals surface area contributed by atoms with E-state index >= 15 is 0 Å². The van der Waals surface area contributed by atoms with Gasteiger partial charge in [0.2, 0.25) is 5.92 Å². The molecule has 0 radical (unpaired) electrons. The van der Waals surface area contributed by atoms with Crippen molar-refractivity contribution in [3.8, 4) is 11.3 Å². The molecule has 1 aliphatic heterocycles. The maximum atomic E-state index is 13.7. The summed E-state index contributed by atoms with van der Waals surface area (Å²) in [6.45, 7) is 0.421. The van der Waals surface area contributed by atoms with E-state index in [1.807, 2.05) is 0 Å². The Morgan fingerprint density at radius 3 is 2.81 bits per heavy atom. The van der Waals surface area contributed by atoms with Gasteiger partial charge in [0.05, 0.1) is 11.3 Å². The lowest BCUT2D eigenvalue weighted by Crippen LogP contribution is -2.43. The molecule has 1 aliphatic rings. The maximum Gasteiger partial charge on any atom is 0.267 e. The molecule has 1 N–H and O–H groups in total. The summed E-state index contributed by atoms with van der Waals surface area (Å²) >= 11 is 0. The van der Waals surface area contributed by atoms with E-state index < -0.39 is 22.6 Å². The molecule has 4 rings (SSSR count). The topological polar surface area (TPSA) is 75.2 Å². The molecule has 6 nitrogen and oxygen atoms in total. The largest absolute Gasteiger partial charge is 0.285 e. The predicted molar refractivity (Wildman–Crippen MR) is 115 cm³/mol. The molecule has 2 aromatic heterocycles. The minimum atomic E-state index is -2.71. The summed E-state index contributed by atoms with van der Waals surface area (Å²) in [5, 5.41) is 2.23. The number of carbonyl (C=O) groups excluding carboxylic acids is 1. The van der Waals surface area contributed by atoms with Gasteiger partial charge in [0.1, 0.15) is 0 Å². The second-order valence-electron chi connectivity index (χ2n) is 7.55. The molecule has 1 fully saturated rings. The second-order valence-corrected chi connectivity index (χ2v) is 8.93. The number of fused-ring (bicyclic) bond motifs is 1. The van der Waals surface area contributed by atoms with Gasteiger partial charge in [-0.3, -0.25) is 14.4 Å². The quantitative estimate of drug-likeness (QED) is 0.663. The van der Waals surface area contributed by atoms with Crippen molar-refractivity contribution in [2.24, 2.45) is 0 Å². The zero-order chi connectivity index (χ0) is 22.0. The Morgan fingerprint density at radius 2 is 2.00 bits per heavy atom. The van der Waals surface area contributed by atoms with Crippen molar-refractivity contribution in [2.75, 3.05) is 19.3 Å². The average Bonchev–Trinajstić information content (AvgIpc) is 2.93. The third kappa shape index (κ3) is 4.94. The minimum absolute atomic E-state index is 0.0704. The molecular weight excluding hydrogens is 422 g/mol. The Kier molecular flexibility index (Phi) is 6.06. The second kappa shape index (κ2) is 8.76. The van der Waals surface area contributed by atoms with Crippen LogP contribution in [0.25, 0.3) is 22.3 Å². The van der Waals surface area contributed by atoms with Crippen LogP contribution < -0.4 is 5.43 Å². The van der Waals surface area contributed by atoms with E-state index in [9.17, 15) is 17.8 Å². The number of pyridine rings is 2. The third-order valence-electron chi connectivity index (χ3n) is 5.25. The van der Waals surface area contributed by atoms with E-state index in [-0.39, 0.29) is 19.4 Å². The summed E-state index contributed by atoms with van der Waals surface area (Å²) in [4.78, 5) is 22.7. The van der Waals surface area contributed by atoms with Crippen molar-refractivity contribution >= 4 is 27.7 Å². The Bertz CT molecular complexity index is 1160. The summed E-state index contributed by atoms with van der Waals surface area (Å²) in [5.74, 6) is -3.14. The minimum Gasteiger partial charge on any atom is -0.285 e. The smallest absolute Gasteiger partial charge is 0.267 e. The number of carbonyl (C=O) groups is 1. The molecule has 31 heavy (non-hydrogen) atoms. The normalized spacial score (nSPS) is 17.8.